The first kappa shape index (κ1) is 11.6. The van der Waals surface area contributed by atoms with Gasteiger partial charge in [-0.25, -0.2) is 8.78 Å². The molecule has 0 aliphatic rings. The molecule has 0 spiro atoms. The van der Waals surface area contributed by atoms with Crippen LogP contribution in [0.3, 0.4) is 0 Å². The molecule has 1 aromatic heterocycles. The standard InChI is InChI=1S/C13H11F2NO/c1-6(2)10-9(5-16)17-13-7(3)4-8(14)12(15)11(10)13/h4,6H,1-3H3. The summed E-state index contributed by atoms with van der Waals surface area (Å²) < 4.78 is 32.5. The molecule has 17 heavy (non-hydrogen) atoms. The number of hydrogen-bond donors (Lipinski definition) is 0. The maximum atomic E-state index is 13.8. The third-order valence-electron chi connectivity index (χ3n) is 2.75. The van der Waals surface area contributed by atoms with E-state index in [1.54, 1.807) is 6.92 Å². The lowest BCUT2D eigenvalue weighted by molar-refractivity contribution is 0.513. The van der Waals surface area contributed by atoms with Gasteiger partial charge in [0.2, 0.25) is 5.76 Å². The van der Waals surface area contributed by atoms with Crippen molar-refractivity contribution in [1.82, 2.24) is 0 Å². The van der Waals surface area contributed by atoms with E-state index >= 15 is 0 Å². The van der Waals surface area contributed by atoms with Gasteiger partial charge >= 0.3 is 0 Å². The zero-order chi connectivity index (χ0) is 12.7. The molecule has 0 saturated carbocycles. The summed E-state index contributed by atoms with van der Waals surface area (Å²) in [6.07, 6.45) is 0. The predicted octanol–water partition coefficient (Wildman–Crippen LogP) is 4.01. The van der Waals surface area contributed by atoms with Gasteiger partial charge in [-0.1, -0.05) is 13.8 Å². The van der Waals surface area contributed by atoms with Crippen molar-refractivity contribution in [2.24, 2.45) is 0 Å². The Kier molecular flexibility index (Phi) is 2.62. The maximum absolute atomic E-state index is 13.8. The third kappa shape index (κ3) is 1.59. The first-order chi connectivity index (χ1) is 7.97. The summed E-state index contributed by atoms with van der Waals surface area (Å²) in [7, 11) is 0. The lowest BCUT2D eigenvalue weighted by atomic mass is 9.98. The highest BCUT2D eigenvalue weighted by Gasteiger charge is 2.23. The van der Waals surface area contributed by atoms with Crippen LogP contribution < -0.4 is 0 Å². The summed E-state index contributed by atoms with van der Waals surface area (Å²) in [4.78, 5) is 0. The van der Waals surface area contributed by atoms with E-state index in [1.807, 2.05) is 19.9 Å². The van der Waals surface area contributed by atoms with Crippen molar-refractivity contribution in [3.8, 4) is 6.07 Å². The monoisotopic (exact) mass is 235 g/mol. The zero-order valence-electron chi connectivity index (χ0n) is 9.77. The van der Waals surface area contributed by atoms with Crippen LogP contribution in [0.4, 0.5) is 8.78 Å². The summed E-state index contributed by atoms with van der Waals surface area (Å²) in [5, 5.41) is 9.05. The molecular formula is C13H11F2NO. The van der Waals surface area contributed by atoms with Gasteiger partial charge < -0.3 is 4.42 Å². The molecule has 0 aliphatic heterocycles. The fraction of sp³-hybridized carbons (Fsp3) is 0.308. The number of hydrogen-bond acceptors (Lipinski definition) is 2. The molecule has 0 saturated heterocycles. The average Bonchev–Trinajstić information content (AvgIpc) is 2.65. The minimum absolute atomic E-state index is 0.0580. The highest BCUT2D eigenvalue weighted by Crippen LogP contribution is 2.35. The number of rotatable bonds is 1. The van der Waals surface area contributed by atoms with Gasteiger partial charge in [-0.2, -0.15) is 5.26 Å². The Hall–Kier alpha value is -1.89. The SMILES string of the molecule is Cc1cc(F)c(F)c2c(C(C)C)c(C#N)oc12. The first-order valence-corrected chi connectivity index (χ1v) is 5.28. The molecule has 1 aromatic carbocycles. The topological polar surface area (TPSA) is 36.9 Å². The second-order valence-electron chi connectivity index (χ2n) is 4.30. The Balaban J connectivity index is 3.01. The van der Waals surface area contributed by atoms with Crippen molar-refractivity contribution in [2.75, 3.05) is 0 Å². The van der Waals surface area contributed by atoms with Crippen molar-refractivity contribution < 1.29 is 13.2 Å². The van der Waals surface area contributed by atoms with Crippen LogP contribution in [0, 0.1) is 29.9 Å². The van der Waals surface area contributed by atoms with Gasteiger partial charge in [0.05, 0.1) is 5.39 Å². The largest absolute Gasteiger partial charge is 0.445 e. The minimum atomic E-state index is -0.945. The molecule has 2 nitrogen and oxygen atoms in total. The molecule has 0 unspecified atom stereocenters. The summed E-state index contributed by atoms with van der Waals surface area (Å²) in [5.74, 6) is -1.91. The van der Waals surface area contributed by atoms with Crippen molar-refractivity contribution in [3.63, 3.8) is 0 Å². The van der Waals surface area contributed by atoms with Gasteiger partial charge in [-0.05, 0) is 24.5 Å². The lowest BCUT2D eigenvalue weighted by Gasteiger charge is -2.04. The van der Waals surface area contributed by atoms with E-state index in [4.69, 9.17) is 9.68 Å². The first-order valence-electron chi connectivity index (χ1n) is 5.28. The Morgan fingerprint density at radius 3 is 2.53 bits per heavy atom. The maximum Gasteiger partial charge on any atom is 0.208 e. The molecule has 0 fully saturated rings. The zero-order valence-corrected chi connectivity index (χ0v) is 9.77. The number of aryl methyl sites for hydroxylation is 1. The molecule has 1 heterocycles. The van der Waals surface area contributed by atoms with Gasteiger partial charge in [0, 0.05) is 5.56 Å². The molecule has 0 radical (unpaired) electrons. The fourth-order valence-corrected chi connectivity index (χ4v) is 2.01. The van der Waals surface area contributed by atoms with E-state index < -0.39 is 11.6 Å². The van der Waals surface area contributed by atoms with E-state index in [0.717, 1.165) is 6.07 Å². The van der Waals surface area contributed by atoms with Gasteiger partial charge in [-0.3, -0.25) is 0 Å². The Labute approximate surface area is 97.5 Å². The molecule has 2 rings (SSSR count). The quantitative estimate of drug-likeness (QED) is 0.748. The molecule has 88 valence electrons. The van der Waals surface area contributed by atoms with Crippen LogP contribution in [-0.2, 0) is 0 Å². The predicted molar refractivity (Wildman–Crippen MR) is 59.7 cm³/mol. The second kappa shape index (κ2) is 3.85. The third-order valence-corrected chi connectivity index (χ3v) is 2.75. The van der Waals surface area contributed by atoms with Gasteiger partial charge in [0.15, 0.2) is 11.6 Å². The lowest BCUT2D eigenvalue weighted by Crippen LogP contribution is -1.93. The van der Waals surface area contributed by atoms with Crippen molar-refractivity contribution in [3.05, 3.63) is 34.6 Å². The summed E-state index contributed by atoms with van der Waals surface area (Å²) in [6, 6.07) is 2.96. The van der Waals surface area contributed by atoms with Crippen LogP contribution >= 0.6 is 0 Å². The van der Waals surface area contributed by atoms with E-state index in [9.17, 15) is 8.78 Å². The highest BCUT2D eigenvalue weighted by molar-refractivity contribution is 5.87. The average molecular weight is 235 g/mol. The molecule has 0 atom stereocenters. The number of halogens is 2. The molecule has 0 bridgehead atoms. The molecule has 4 heteroatoms. The van der Waals surface area contributed by atoms with E-state index in [2.05, 4.69) is 0 Å². The molecular weight excluding hydrogens is 224 g/mol. The number of benzene rings is 1. The fourth-order valence-electron chi connectivity index (χ4n) is 2.01. The van der Waals surface area contributed by atoms with Crippen molar-refractivity contribution >= 4 is 11.0 Å². The van der Waals surface area contributed by atoms with Crippen LogP contribution in [0.1, 0.15) is 36.7 Å². The van der Waals surface area contributed by atoms with Crippen LogP contribution in [0.25, 0.3) is 11.0 Å². The normalized spacial score (nSPS) is 11.1. The van der Waals surface area contributed by atoms with E-state index in [-0.39, 0.29) is 22.6 Å². The van der Waals surface area contributed by atoms with E-state index in [1.165, 1.54) is 0 Å². The molecule has 0 aliphatic carbocycles. The van der Waals surface area contributed by atoms with Crippen LogP contribution in [0.2, 0.25) is 0 Å². The smallest absolute Gasteiger partial charge is 0.208 e. The Morgan fingerprint density at radius 1 is 1.35 bits per heavy atom. The number of nitriles is 1. The number of furan rings is 1. The number of nitrogens with zero attached hydrogens (tertiary/aromatic N) is 1. The van der Waals surface area contributed by atoms with Crippen molar-refractivity contribution in [1.29, 1.82) is 5.26 Å². The molecule has 2 aromatic rings. The van der Waals surface area contributed by atoms with Gasteiger partial charge in [0.25, 0.3) is 0 Å². The Morgan fingerprint density at radius 2 is 2.00 bits per heavy atom. The summed E-state index contributed by atoms with van der Waals surface area (Å²) >= 11 is 0. The van der Waals surface area contributed by atoms with Crippen LogP contribution in [-0.4, -0.2) is 0 Å². The van der Waals surface area contributed by atoms with Gasteiger partial charge in [-0.15, -0.1) is 0 Å². The molecule has 0 N–H and O–H groups in total. The number of fused-ring (bicyclic) bond motifs is 1. The van der Waals surface area contributed by atoms with Crippen LogP contribution in [0.15, 0.2) is 10.5 Å². The van der Waals surface area contributed by atoms with Gasteiger partial charge in [0.1, 0.15) is 11.7 Å². The second-order valence-corrected chi connectivity index (χ2v) is 4.30. The Bertz CT molecular complexity index is 635. The van der Waals surface area contributed by atoms with E-state index in [0.29, 0.717) is 11.1 Å². The molecule has 0 amide bonds. The summed E-state index contributed by atoms with van der Waals surface area (Å²) in [5.41, 5.74) is 1.18. The minimum Gasteiger partial charge on any atom is -0.445 e. The van der Waals surface area contributed by atoms with Crippen molar-refractivity contribution in [2.45, 2.75) is 26.7 Å². The highest BCUT2D eigenvalue weighted by atomic mass is 19.2. The summed E-state index contributed by atoms with van der Waals surface area (Å²) in [6.45, 7) is 5.25. The van der Waals surface area contributed by atoms with Crippen LogP contribution in [0.5, 0.6) is 0 Å².